The van der Waals surface area contributed by atoms with E-state index in [2.05, 4.69) is 96.0 Å². The molecule has 1 aromatic carbocycles. The van der Waals surface area contributed by atoms with Gasteiger partial charge in [-0.05, 0) is 0 Å². The first-order valence-electron chi connectivity index (χ1n) is 12.4. The average Bonchev–Trinajstić information content (AvgIpc) is 3.22. The third-order valence-electron chi connectivity index (χ3n) is 10.0. The summed E-state index contributed by atoms with van der Waals surface area (Å²) in [5.74, 6) is 0.695. The number of hydrogen-bond donors (Lipinski definition) is 0. The number of allylic oxidation sites excluding steroid dienone is 5. The first kappa shape index (κ1) is 23.5. The summed E-state index contributed by atoms with van der Waals surface area (Å²) < 4.78 is 6.11. The fraction of sp³-hybridized carbons (Fsp3) is 0.600. The van der Waals surface area contributed by atoms with Gasteiger partial charge < -0.3 is 0 Å². The summed E-state index contributed by atoms with van der Waals surface area (Å²) in [5, 5.41) is 0. The molecule has 0 saturated heterocycles. The second kappa shape index (κ2) is 7.15. The molecule has 0 amide bonds. The Labute approximate surface area is 196 Å². The third-order valence-corrected chi connectivity index (χ3v) is 32.0. The summed E-state index contributed by atoms with van der Waals surface area (Å²) in [5.41, 5.74) is 13.3. The fourth-order valence-electron chi connectivity index (χ4n) is 7.58. The van der Waals surface area contributed by atoms with Crippen LogP contribution < -0.4 is 0 Å². The van der Waals surface area contributed by atoms with E-state index in [-0.39, 0.29) is 6.34 Å². The Kier molecular flexibility index (Phi) is 5.41. The predicted molar refractivity (Wildman–Crippen MR) is 135 cm³/mol. The summed E-state index contributed by atoms with van der Waals surface area (Å²) in [6, 6.07) is 5.25. The van der Waals surface area contributed by atoms with E-state index in [4.69, 9.17) is 0 Å². The molecule has 0 radical (unpaired) electrons. The van der Waals surface area contributed by atoms with Gasteiger partial charge in [0.1, 0.15) is 0 Å². The summed E-state index contributed by atoms with van der Waals surface area (Å²) >= 11 is -3.08. The monoisotopic (exact) mass is 584 g/mol. The van der Waals surface area contributed by atoms with Gasteiger partial charge in [0.05, 0.1) is 0 Å². The Hall–Kier alpha value is -0.690. The number of rotatable bonds is 4. The van der Waals surface area contributed by atoms with Gasteiger partial charge >= 0.3 is 197 Å². The SMILES string of the molecule is CC1=C(C)[C](C)([Hf]([CH3])([CH3])[C]2(CC(C)C)C=Cc3cc4c(cc32)CC(C)(C)C4)C(C)=C1C. The molecule has 168 valence electrons. The van der Waals surface area contributed by atoms with Crippen LogP contribution in [0, 0.1) is 11.3 Å². The van der Waals surface area contributed by atoms with Crippen molar-refractivity contribution in [2.24, 2.45) is 11.3 Å². The molecule has 0 nitrogen and oxygen atoms in total. The van der Waals surface area contributed by atoms with Crippen molar-refractivity contribution >= 4 is 6.08 Å². The van der Waals surface area contributed by atoms with Crippen LogP contribution >= 0.6 is 0 Å². The molecule has 0 fully saturated rings. The zero-order valence-electron chi connectivity index (χ0n) is 22.0. The van der Waals surface area contributed by atoms with Crippen LogP contribution in [0.25, 0.3) is 6.08 Å². The third kappa shape index (κ3) is 3.08. The predicted octanol–water partition coefficient (Wildman–Crippen LogP) is 9.19. The van der Waals surface area contributed by atoms with Gasteiger partial charge in [-0.15, -0.1) is 0 Å². The molecule has 31 heavy (non-hydrogen) atoms. The van der Waals surface area contributed by atoms with E-state index in [1.165, 1.54) is 24.8 Å². The molecule has 1 heteroatoms. The van der Waals surface area contributed by atoms with Crippen molar-refractivity contribution in [1.82, 2.24) is 0 Å². The maximum absolute atomic E-state index is 3.08. The summed E-state index contributed by atoms with van der Waals surface area (Å²) in [7, 11) is 0. The molecule has 0 N–H and O–H groups in total. The molecular formula is C30H44Hf. The van der Waals surface area contributed by atoms with Crippen molar-refractivity contribution in [1.29, 1.82) is 0 Å². The van der Waals surface area contributed by atoms with Crippen molar-refractivity contribution < 1.29 is 20.0 Å². The molecule has 3 aliphatic rings. The second-order valence-electron chi connectivity index (χ2n) is 12.9. The van der Waals surface area contributed by atoms with Gasteiger partial charge in [-0.2, -0.15) is 0 Å². The Morgan fingerprint density at radius 2 is 1.39 bits per heavy atom. The van der Waals surface area contributed by atoms with Crippen LogP contribution in [0.15, 0.2) is 40.5 Å². The zero-order valence-corrected chi connectivity index (χ0v) is 25.6. The minimum absolute atomic E-state index is 0.264. The van der Waals surface area contributed by atoms with E-state index in [1.807, 2.05) is 0 Å². The second-order valence-corrected chi connectivity index (χ2v) is 31.4. The Morgan fingerprint density at radius 1 is 0.871 bits per heavy atom. The van der Waals surface area contributed by atoms with Gasteiger partial charge in [-0.3, -0.25) is 0 Å². The van der Waals surface area contributed by atoms with E-state index < -0.39 is 20.0 Å². The molecule has 1 atom stereocenters. The topological polar surface area (TPSA) is 0 Å². The molecule has 0 spiro atoms. The fourth-order valence-corrected chi connectivity index (χ4v) is 27.2. The van der Waals surface area contributed by atoms with Crippen LogP contribution in [0.3, 0.4) is 0 Å². The van der Waals surface area contributed by atoms with Crippen LogP contribution in [-0.4, -0.2) is 0 Å². The summed E-state index contributed by atoms with van der Waals surface area (Å²) in [4.78, 5) is 0. The number of fused-ring (bicyclic) bond motifs is 2. The standard InChI is InChI=1S/C18H23.C10H15.2CH3.Hf/c1-12(2)7-13-5-6-14-8-15-10-18(3,4)11-16(15)9-17(13)14;1-6-7(2)9(4)10(5)8(6)3;;;/h5-6,8-9,12H,7,10-11H2,1-4H3;1-5H3;2*1H3;. The van der Waals surface area contributed by atoms with Crippen molar-refractivity contribution in [3.05, 3.63) is 62.8 Å². The molecule has 0 saturated carbocycles. The average molecular weight is 583 g/mol. The van der Waals surface area contributed by atoms with Gasteiger partial charge in [-0.1, -0.05) is 0 Å². The minimum atomic E-state index is -3.08. The molecule has 1 aromatic rings. The quantitative estimate of drug-likeness (QED) is 0.310. The summed E-state index contributed by atoms with van der Waals surface area (Å²) in [6.07, 6.45) is 8.98. The van der Waals surface area contributed by atoms with E-state index in [1.54, 1.807) is 39.0 Å². The van der Waals surface area contributed by atoms with Crippen LogP contribution in [0.2, 0.25) is 12.5 Å². The maximum atomic E-state index is 2.78. The molecule has 3 aliphatic carbocycles. The molecule has 1 unspecified atom stereocenters. The molecular weight excluding hydrogens is 539 g/mol. The van der Waals surface area contributed by atoms with E-state index in [0.29, 0.717) is 11.3 Å². The molecule has 0 aliphatic heterocycles. The van der Waals surface area contributed by atoms with Crippen molar-refractivity contribution in [3.8, 4) is 0 Å². The number of benzene rings is 1. The van der Waals surface area contributed by atoms with E-state index >= 15 is 0 Å². The van der Waals surface area contributed by atoms with Crippen molar-refractivity contribution in [2.45, 2.75) is 97.3 Å². The van der Waals surface area contributed by atoms with Gasteiger partial charge in [-0.25, -0.2) is 0 Å². The molecule has 0 heterocycles. The van der Waals surface area contributed by atoms with Gasteiger partial charge in [0, 0.05) is 0 Å². The van der Waals surface area contributed by atoms with Gasteiger partial charge in [0.25, 0.3) is 0 Å². The van der Waals surface area contributed by atoms with Crippen LogP contribution in [0.1, 0.15) is 91.0 Å². The van der Waals surface area contributed by atoms with E-state index in [0.717, 1.165) is 0 Å². The first-order valence-corrected chi connectivity index (χ1v) is 23.2. The van der Waals surface area contributed by atoms with Crippen LogP contribution in [0.5, 0.6) is 0 Å². The van der Waals surface area contributed by atoms with E-state index in [9.17, 15) is 0 Å². The molecule has 0 bridgehead atoms. The first-order chi connectivity index (χ1) is 14.2. The van der Waals surface area contributed by atoms with Crippen molar-refractivity contribution in [2.75, 3.05) is 0 Å². The van der Waals surface area contributed by atoms with Crippen LogP contribution in [-0.2, 0) is 36.0 Å². The zero-order chi connectivity index (χ0) is 23.1. The van der Waals surface area contributed by atoms with Crippen molar-refractivity contribution in [3.63, 3.8) is 0 Å². The Bertz CT molecular complexity index is 1020. The summed E-state index contributed by atoms with van der Waals surface area (Å²) in [6.45, 7) is 22.0. The Morgan fingerprint density at radius 3 is 1.90 bits per heavy atom. The van der Waals surface area contributed by atoms with Gasteiger partial charge in [0.15, 0.2) is 0 Å². The number of hydrogen-bond acceptors (Lipinski definition) is 0. The van der Waals surface area contributed by atoms with Gasteiger partial charge in [0.2, 0.25) is 0 Å². The van der Waals surface area contributed by atoms with Crippen LogP contribution in [0.4, 0.5) is 0 Å². The molecule has 4 rings (SSSR count). The molecule has 0 aromatic heterocycles. The normalized spacial score (nSPS) is 26.3. The Balaban J connectivity index is 1.95.